The van der Waals surface area contributed by atoms with Crippen molar-refractivity contribution in [2.24, 2.45) is 10.1 Å². The Labute approximate surface area is 278 Å². The van der Waals surface area contributed by atoms with Gasteiger partial charge in [0.15, 0.2) is 5.76 Å². The maximum atomic E-state index is 5.83. The largest absolute Gasteiger partial charge is 0.370 e. The van der Waals surface area contributed by atoms with E-state index in [0.717, 1.165) is 79.3 Å². The lowest BCUT2D eigenvalue weighted by Gasteiger charge is -2.32. The van der Waals surface area contributed by atoms with Crippen molar-refractivity contribution in [1.29, 1.82) is 0 Å². The zero-order valence-electron chi connectivity index (χ0n) is 29.7. The monoisotopic (exact) mass is 621 g/mol. The van der Waals surface area contributed by atoms with Gasteiger partial charge in [0.05, 0.1) is 11.2 Å². The summed E-state index contributed by atoms with van der Waals surface area (Å²) in [6.45, 7) is 23.9. The normalized spacial score (nSPS) is 15.2. The fourth-order valence-electron chi connectivity index (χ4n) is 5.44. The fraction of sp³-hybridized carbons (Fsp3) is 0.425. The summed E-state index contributed by atoms with van der Waals surface area (Å²) < 4.78 is 0. The molecule has 1 aliphatic rings. The summed E-state index contributed by atoms with van der Waals surface area (Å²) >= 11 is 0. The second kappa shape index (κ2) is 18.2. The number of allylic oxidation sites excluding steroid dienone is 8. The van der Waals surface area contributed by atoms with Gasteiger partial charge in [-0.1, -0.05) is 55.4 Å². The second-order valence-electron chi connectivity index (χ2n) is 12.2. The highest BCUT2D eigenvalue weighted by Crippen LogP contribution is 2.29. The van der Waals surface area contributed by atoms with Gasteiger partial charge in [0.1, 0.15) is 5.70 Å². The molecule has 6 nitrogen and oxygen atoms in total. The molecule has 0 amide bonds. The smallest absolute Gasteiger partial charge is 0.179 e. The van der Waals surface area contributed by atoms with E-state index >= 15 is 0 Å². The molecule has 0 N–H and O–H groups in total. The molecular weight excluding hydrogens is 566 g/mol. The Balaban J connectivity index is 1.81. The first-order chi connectivity index (χ1) is 22.1. The van der Waals surface area contributed by atoms with Crippen LogP contribution in [0, 0.1) is 6.92 Å². The molecule has 0 spiro atoms. The molecule has 0 saturated heterocycles. The third kappa shape index (κ3) is 9.98. The van der Waals surface area contributed by atoms with E-state index in [-0.39, 0.29) is 0 Å². The van der Waals surface area contributed by atoms with E-state index in [0.29, 0.717) is 6.04 Å². The Bertz CT molecular complexity index is 1570. The van der Waals surface area contributed by atoms with Crippen LogP contribution in [0.25, 0.3) is 10.9 Å². The van der Waals surface area contributed by atoms with Crippen LogP contribution in [-0.2, 0) is 4.84 Å². The topological polar surface area (TPSA) is 53.3 Å². The number of unbranched alkanes of at least 4 members (excludes halogenated alkanes) is 1. The summed E-state index contributed by atoms with van der Waals surface area (Å²) in [7, 11) is 2.23. The van der Waals surface area contributed by atoms with Gasteiger partial charge in [0.2, 0.25) is 0 Å². The van der Waals surface area contributed by atoms with Crippen LogP contribution in [0.15, 0.2) is 111 Å². The highest BCUT2D eigenvalue weighted by Gasteiger charge is 2.18. The first kappa shape index (κ1) is 36.4. The van der Waals surface area contributed by atoms with Gasteiger partial charge >= 0.3 is 0 Å². The van der Waals surface area contributed by atoms with Gasteiger partial charge in [0.25, 0.3) is 0 Å². The number of benzene rings is 1. The molecule has 0 saturated carbocycles. The van der Waals surface area contributed by atoms with Crippen LogP contribution < -0.4 is 4.90 Å². The van der Waals surface area contributed by atoms with Crippen molar-refractivity contribution in [1.82, 2.24) is 9.88 Å². The van der Waals surface area contributed by atoms with Crippen molar-refractivity contribution in [3.8, 4) is 0 Å². The van der Waals surface area contributed by atoms with E-state index in [1.165, 1.54) is 27.8 Å². The number of pyridine rings is 1. The Hall–Kier alpha value is -4.03. The molecular formula is C40H55N5O. The maximum Gasteiger partial charge on any atom is 0.179 e. The fourth-order valence-corrected chi connectivity index (χ4v) is 5.44. The molecule has 2 heterocycles. The Kier molecular flexibility index (Phi) is 14.4. The van der Waals surface area contributed by atoms with Gasteiger partial charge in [-0.05, 0) is 121 Å². The zero-order valence-corrected chi connectivity index (χ0v) is 29.7. The number of oxime groups is 1. The number of nitrogens with zero attached hydrogens (tertiary/aromatic N) is 5. The molecule has 46 heavy (non-hydrogen) atoms. The van der Waals surface area contributed by atoms with Gasteiger partial charge in [0, 0.05) is 55.1 Å². The SMILES string of the molecule is C=C/C(CCN(C)[C@H](C)CN(CC)c1cccc2nc(C)ccc12)=C(/C=C\C1=C(C(=C\CCC)/ON=C(C)C)N=CC1)C(\C)=C/C. The van der Waals surface area contributed by atoms with E-state index in [1.807, 2.05) is 33.1 Å². The molecule has 1 aliphatic heterocycles. The van der Waals surface area contributed by atoms with Crippen molar-refractivity contribution in [3.05, 3.63) is 107 Å². The van der Waals surface area contributed by atoms with E-state index in [4.69, 9.17) is 9.82 Å². The average Bonchev–Trinajstić information content (AvgIpc) is 3.52. The first-order valence-electron chi connectivity index (χ1n) is 16.8. The minimum absolute atomic E-state index is 0.354. The molecule has 1 atom stereocenters. The molecule has 0 radical (unpaired) electrons. The van der Waals surface area contributed by atoms with Gasteiger partial charge in [-0.25, -0.2) is 0 Å². The first-order valence-corrected chi connectivity index (χ1v) is 16.8. The minimum atomic E-state index is 0.354. The van der Waals surface area contributed by atoms with Crippen molar-refractivity contribution in [2.75, 3.05) is 31.6 Å². The summed E-state index contributed by atoms with van der Waals surface area (Å²) in [6, 6.07) is 11.1. The highest BCUT2D eigenvalue weighted by atomic mass is 16.6. The highest BCUT2D eigenvalue weighted by molar-refractivity contribution is 5.92. The lowest BCUT2D eigenvalue weighted by Crippen LogP contribution is -2.41. The third-order valence-electron chi connectivity index (χ3n) is 8.46. The van der Waals surface area contributed by atoms with Crippen LogP contribution >= 0.6 is 0 Å². The number of rotatable bonds is 17. The standard InChI is InChI=1S/C40H55N5O/c1-11-15-19-39(46-43-29(5)6)40-34(24-26-41-40)21-23-35(30(7)12-2)33(13-3)25-27-44(10)32(9)28-45(14-4)38-18-16-17-37-36(38)22-20-31(8)42-37/h12-13,16-23,26,32H,3,11,14-15,24-25,27-28H2,1-2,4-10H3/b23-21-,30-12-,35-33+,39-19+/t32-/m1/s1. The third-order valence-corrected chi connectivity index (χ3v) is 8.46. The van der Waals surface area contributed by atoms with Crippen molar-refractivity contribution in [2.45, 2.75) is 87.1 Å². The minimum Gasteiger partial charge on any atom is -0.370 e. The number of anilines is 1. The number of hydrogen-bond donors (Lipinski definition) is 0. The molecule has 2 aromatic rings. The van der Waals surface area contributed by atoms with Crippen LogP contribution in [-0.4, -0.2) is 54.5 Å². The summed E-state index contributed by atoms with van der Waals surface area (Å²) in [4.78, 5) is 20.2. The number of likely N-dealkylation sites (N-methyl/N-ethyl adjacent to an activating group) is 2. The summed E-state index contributed by atoms with van der Waals surface area (Å²) in [5.41, 5.74) is 9.86. The molecule has 3 rings (SSSR count). The van der Waals surface area contributed by atoms with Crippen LogP contribution in [0.4, 0.5) is 5.69 Å². The number of fused-ring (bicyclic) bond motifs is 1. The van der Waals surface area contributed by atoms with E-state index < -0.39 is 0 Å². The van der Waals surface area contributed by atoms with Crippen LogP contribution in [0.1, 0.15) is 79.8 Å². The van der Waals surface area contributed by atoms with Gasteiger partial charge in [-0.15, -0.1) is 0 Å². The second-order valence-corrected chi connectivity index (χ2v) is 12.2. The van der Waals surface area contributed by atoms with E-state index in [2.05, 4.69) is 123 Å². The van der Waals surface area contributed by atoms with Gasteiger partial charge < -0.3 is 14.6 Å². The Morgan fingerprint density at radius 2 is 1.93 bits per heavy atom. The molecule has 1 aromatic heterocycles. The van der Waals surface area contributed by atoms with Crippen LogP contribution in [0.2, 0.25) is 0 Å². The van der Waals surface area contributed by atoms with Gasteiger partial charge in [-0.2, -0.15) is 0 Å². The summed E-state index contributed by atoms with van der Waals surface area (Å²) in [6.07, 6.45) is 16.2. The number of aliphatic imine (C=N–C) groups is 1. The van der Waals surface area contributed by atoms with Crippen molar-refractivity contribution in [3.63, 3.8) is 0 Å². The average molecular weight is 622 g/mol. The molecule has 6 heteroatoms. The molecule has 246 valence electrons. The summed E-state index contributed by atoms with van der Waals surface area (Å²) in [5.74, 6) is 0.722. The van der Waals surface area contributed by atoms with E-state index in [1.54, 1.807) is 0 Å². The van der Waals surface area contributed by atoms with E-state index in [9.17, 15) is 0 Å². The van der Waals surface area contributed by atoms with Crippen LogP contribution in [0.5, 0.6) is 0 Å². The predicted octanol–water partition coefficient (Wildman–Crippen LogP) is 9.91. The van der Waals surface area contributed by atoms with Gasteiger partial charge in [-0.3, -0.25) is 9.98 Å². The maximum absolute atomic E-state index is 5.83. The molecule has 0 fully saturated rings. The van der Waals surface area contributed by atoms with Crippen molar-refractivity contribution >= 4 is 28.5 Å². The summed E-state index contributed by atoms with van der Waals surface area (Å²) in [5, 5.41) is 5.43. The lowest BCUT2D eigenvalue weighted by atomic mass is 9.96. The molecule has 0 aliphatic carbocycles. The molecule has 0 bridgehead atoms. The quantitative estimate of drug-likeness (QED) is 0.0764. The van der Waals surface area contributed by atoms with Crippen molar-refractivity contribution < 1.29 is 4.84 Å². The number of hydrogen-bond acceptors (Lipinski definition) is 6. The van der Waals surface area contributed by atoms with Crippen LogP contribution in [0.3, 0.4) is 0 Å². The Morgan fingerprint density at radius 1 is 1.15 bits per heavy atom. The molecule has 0 unspecified atom stereocenters. The number of aromatic nitrogens is 1. The number of aryl methyl sites for hydroxylation is 1. The predicted molar refractivity (Wildman–Crippen MR) is 200 cm³/mol. The molecule has 1 aromatic carbocycles. The Morgan fingerprint density at radius 3 is 2.61 bits per heavy atom. The lowest BCUT2D eigenvalue weighted by molar-refractivity contribution is 0.233. The zero-order chi connectivity index (χ0) is 33.6.